The number of hydrogen-bond donors (Lipinski definition) is 1. The van der Waals surface area contributed by atoms with Crippen LogP contribution in [0.3, 0.4) is 0 Å². The highest BCUT2D eigenvalue weighted by atomic mass is 16.2. The molecular formula is C18H24N2O. The number of likely N-dealkylation sites (N-methyl/N-ethyl adjacent to an activating group) is 1. The maximum absolute atomic E-state index is 12.2. The summed E-state index contributed by atoms with van der Waals surface area (Å²) in [5.41, 5.74) is 7.43. The van der Waals surface area contributed by atoms with Crippen molar-refractivity contribution in [1.82, 2.24) is 4.90 Å². The fourth-order valence-corrected chi connectivity index (χ4v) is 4.00. The van der Waals surface area contributed by atoms with Gasteiger partial charge in [0.1, 0.15) is 0 Å². The number of nitrogens with zero attached hydrogens (tertiary/aromatic N) is 1. The molecule has 3 rings (SSSR count). The van der Waals surface area contributed by atoms with Crippen LogP contribution in [0, 0.1) is 17.8 Å². The maximum atomic E-state index is 12.2. The van der Waals surface area contributed by atoms with E-state index in [9.17, 15) is 4.79 Å². The van der Waals surface area contributed by atoms with Crippen molar-refractivity contribution in [3.8, 4) is 0 Å². The third-order valence-electron chi connectivity index (χ3n) is 5.10. The Labute approximate surface area is 126 Å². The van der Waals surface area contributed by atoms with Crippen LogP contribution in [-0.4, -0.2) is 24.4 Å². The van der Waals surface area contributed by atoms with Crippen molar-refractivity contribution in [2.45, 2.75) is 25.7 Å². The lowest BCUT2D eigenvalue weighted by Crippen LogP contribution is -2.32. The minimum Gasteiger partial charge on any atom is -0.399 e. The first-order valence-electron chi connectivity index (χ1n) is 7.90. The molecule has 1 aromatic carbocycles. The Bertz CT molecular complexity index is 552. The summed E-state index contributed by atoms with van der Waals surface area (Å²) in [5, 5.41) is 0. The Hall–Kier alpha value is -1.77. The lowest BCUT2D eigenvalue weighted by atomic mass is 9.88. The number of nitrogens with two attached hydrogens (primary N) is 1. The Morgan fingerprint density at radius 1 is 1.38 bits per heavy atom. The zero-order valence-corrected chi connectivity index (χ0v) is 12.7. The van der Waals surface area contributed by atoms with Crippen LogP contribution >= 0.6 is 0 Å². The summed E-state index contributed by atoms with van der Waals surface area (Å²) in [4.78, 5) is 14.1. The van der Waals surface area contributed by atoms with E-state index in [1.165, 1.54) is 25.7 Å². The molecule has 1 amide bonds. The molecule has 0 saturated heterocycles. The van der Waals surface area contributed by atoms with Crippen molar-refractivity contribution in [2.24, 2.45) is 17.8 Å². The third-order valence-corrected chi connectivity index (χ3v) is 5.10. The summed E-state index contributed by atoms with van der Waals surface area (Å²) in [6.07, 6.45) is 9.00. The molecule has 3 atom stereocenters. The molecule has 2 fully saturated rings. The minimum atomic E-state index is 0.0835. The van der Waals surface area contributed by atoms with Gasteiger partial charge in [0.15, 0.2) is 0 Å². The number of nitrogen functional groups attached to an aromatic ring is 1. The van der Waals surface area contributed by atoms with Crippen molar-refractivity contribution < 1.29 is 4.79 Å². The van der Waals surface area contributed by atoms with Crippen LogP contribution < -0.4 is 5.73 Å². The van der Waals surface area contributed by atoms with Gasteiger partial charge in [-0.15, -0.1) is 0 Å². The predicted molar refractivity (Wildman–Crippen MR) is 86.5 cm³/mol. The van der Waals surface area contributed by atoms with E-state index in [0.717, 1.165) is 35.5 Å². The smallest absolute Gasteiger partial charge is 0.246 e. The van der Waals surface area contributed by atoms with Gasteiger partial charge in [-0.2, -0.15) is 0 Å². The summed E-state index contributed by atoms with van der Waals surface area (Å²) < 4.78 is 0. The van der Waals surface area contributed by atoms with Crippen LogP contribution in [0.1, 0.15) is 31.2 Å². The fraction of sp³-hybridized carbons (Fsp3) is 0.500. The number of carbonyl (C=O) groups is 1. The number of anilines is 1. The predicted octanol–water partition coefficient (Wildman–Crippen LogP) is 3.18. The summed E-state index contributed by atoms with van der Waals surface area (Å²) in [6.45, 7) is 0.904. The molecule has 1 aromatic rings. The molecule has 0 aliphatic heterocycles. The summed E-state index contributed by atoms with van der Waals surface area (Å²) >= 11 is 0. The van der Waals surface area contributed by atoms with Gasteiger partial charge in [-0.3, -0.25) is 4.79 Å². The summed E-state index contributed by atoms with van der Waals surface area (Å²) in [5.74, 6) is 2.60. The van der Waals surface area contributed by atoms with Gasteiger partial charge in [0.2, 0.25) is 5.91 Å². The number of hydrogen-bond acceptors (Lipinski definition) is 2. The number of fused-ring (bicyclic) bond motifs is 2. The first-order chi connectivity index (χ1) is 10.1. The largest absolute Gasteiger partial charge is 0.399 e. The summed E-state index contributed by atoms with van der Waals surface area (Å²) in [7, 11) is 1.91. The SMILES string of the molecule is CN(CC1CC2CCC1C2)C(=O)/C=C/c1cccc(N)c1. The molecule has 0 spiro atoms. The zero-order chi connectivity index (χ0) is 14.8. The quantitative estimate of drug-likeness (QED) is 0.682. The fourth-order valence-electron chi connectivity index (χ4n) is 4.00. The molecule has 2 bridgehead atoms. The average Bonchev–Trinajstić information content (AvgIpc) is 3.07. The molecule has 0 radical (unpaired) electrons. The van der Waals surface area contributed by atoms with Crippen molar-refractivity contribution in [1.29, 1.82) is 0 Å². The highest BCUT2D eigenvalue weighted by Gasteiger charge is 2.39. The minimum absolute atomic E-state index is 0.0835. The molecule has 3 nitrogen and oxygen atoms in total. The average molecular weight is 284 g/mol. The van der Waals surface area contributed by atoms with Gasteiger partial charge in [-0.25, -0.2) is 0 Å². The topological polar surface area (TPSA) is 46.3 Å². The van der Waals surface area contributed by atoms with Crippen molar-refractivity contribution in [2.75, 3.05) is 19.3 Å². The molecule has 0 heterocycles. The van der Waals surface area contributed by atoms with Gasteiger partial charge < -0.3 is 10.6 Å². The van der Waals surface area contributed by atoms with Gasteiger partial charge in [0, 0.05) is 25.4 Å². The Balaban J connectivity index is 1.55. The van der Waals surface area contributed by atoms with Gasteiger partial charge in [-0.05, 0) is 60.8 Å². The van der Waals surface area contributed by atoms with Crippen molar-refractivity contribution in [3.63, 3.8) is 0 Å². The molecule has 2 aliphatic carbocycles. The zero-order valence-electron chi connectivity index (χ0n) is 12.7. The molecule has 2 aliphatic rings. The van der Waals surface area contributed by atoms with Gasteiger partial charge >= 0.3 is 0 Å². The van der Waals surface area contributed by atoms with Crippen LogP contribution in [0.2, 0.25) is 0 Å². The van der Waals surface area contributed by atoms with Gasteiger partial charge in [-0.1, -0.05) is 18.6 Å². The van der Waals surface area contributed by atoms with Crippen LogP contribution in [0.15, 0.2) is 30.3 Å². The van der Waals surface area contributed by atoms with E-state index < -0.39 is 0 Å². The van der Waals surface area contributed by atoms with Crippen molar-refractivity contribution in [3.05, 3.63) is 35.9 Å². The maximum Gasteiger partial charge on any atom is 0.246 e. The number of rotatable bonds is 4. The van der Waals surface area contributed by atoms with E-state index in [-0.39, 0.29) is 5.91 Å². The van der Waals surface area contributed by atoms with E-state index in [1.54, 1.807) is 6.08 Å². The second kappa shape index (κ2) is 5.92. The van der Waals surface area contributed by atoms with E-state index in [4.69, 9.17) is 5.73 Å². The van der Waals surface area contributed by atoms with E-state index in [1.807, 2.05) is 42.3 Å². The second-order valence-corrected chi connectivity index (χ2v) is 6.66. The highest BCUT2D eigenvalue weighted by molar-refractivity contribution is 5.91. The van der Waals surface area contributed by atoms with Crippen LogP contribution in [0.4, 0.5) is 5.69 Å². The van der Waals surface area contributed by atoms with E-state index in [0.29, 0.717) is 0 Å². The molecule has 3 unspecified atom stereocenters. The van der Waals surface area contributed by atoms with Crippen LogP contribution in [0.25, 0.3) is 6.08 Å². The van der Waals surface area contributed by atoms with E-state index in [2.05, 4.69) is 0 Å². The standard InChI is InChI=1S/C18H24N2O/c1-20(12-16-10-14-5-7-15(16)9-14)18(21)8-6-13-3-2-4-17(19)11-13/h2-4,6,8,11,14-16H,5,7,9-10,12,19H2,1H3/b8-6+. The normalized spacial score (nSPS) is 27.4. The number of carbonyl (C=O) groups excluding carboxylic acids is 1. The lowest BCUT2D eigenvalue weighted by Gasteiger charge is -2.26. The highest BCUT2D eigenvalue weighted by Crippen LogP contribution is 2.48. The molecular weight excluding hydrogens is 260 g/mol. The van der Waals surface area contributed by atoms with Gasteiger partial charge in [0.25, 0.3) is 0 Å². The lowest BCUT2D eigenvalue weighted by molar-refractivity contribution is -0.125. The second-order valence-electron chi connectivity index (χ2n) is 6.66. The molecule has 2 N–H and O–H groups in total. The molecule has 112 valence electrons. The molecule has 2 saturated carbocycles. The van der Waals surface area contributed by atoms with Crippen molar-refractivity contribution >= 4 is 17.7 Å². The van der Waals surface area contributed by atoms with Crippen LogP contribution in [-0.2, 0) is 4.79 Å². The Morgan fingerprint density at radius 2 is 2.24 bits per heavy atom. The van der Waals surface area contributed by atoms with E-state index >= 15 is 0 Å². The molecule has 0 aromatic heterocycles. The number of amides is 1. The third kappa shape index (κ3) is 3.29. The molecule has 3 heteroatoms. The van der Waals surface area contributed by atoms with Gasteiger partial charge in [0.05, 0.1) is 0 Å². The summed E-state index contributed by atoms with van der Waals surface area (Å²) in [6, 6.07) is 7.58. The first-order valence-corrected chi connectivity index (χ1v) is 7.90. The molecule has 21 heavy (non-hydrogen) atoms. The Kier molecular flexibility index (Phi) is 4.00. The number of benzene rings is 1. The monoisotopic (exact) mass is 284 g/mol. The van der Waals surface area contributed by atoms with Crippen LogP contribution in [0.5, 0.6) is 0 Å². The Morgan fingerprint density at radius 3 is 2.90 bits per heavy atom. The first kappa shape index (κ1) is 14.2.